The van der Waals surface area contributed by atoms with Gasteiger partial charge in [0, 0.05) is 37.9 Å². The fraction of sp³-hybridized carbons (Fsp3) is 0.389. The highest BCUT2D eigenvalue weighted by atomic mass is 35.5. The van der Waals surface area contributed by atoms with E-state index in [1.807, 2.05) is 13.8 Å². The fourth-order valence-corrected chi connectivity index (χ4v) is 3.10. The van der Waals surface area contributed by atoms with Crippen LogP contribution in [0.5, 0.6) is 0 Å². The Balaban J connectivity index is 1.69. The Morgan fingerprint density at radius 1 is 1.15 bits per heavy atom. The van der Waals surface area contributed by atoms with Gasteiger partial charge in [-0.3, -0.25) is 9.59 Å². The number of amides is 1. The van der Waals surface area contributed by atoms with Gasteiger partial charge in [0.15, 0.2) is 0 Å². The number of anilines is 1. The van der Waals surface area contributed by atoms with Crippen molar-refractivity contribution in [2.75, 3.05) is 31.1 Å². The molecule has 1 aromatic carbocycles. The summed E-state index contributed by atoms with van der Waals surface area (Å²) in [5.41, 5.74) is 0.862. The molecule has 138 valence electrons. The quantitative estimate of drug-likeness (QED) is 0.823. The second-order valence-electron chi connectivity index (χ2n) is 6.47. The summed E-state index contributed by atoms with van der Waals surface area (Å²) in [4.78, 5) is 28.2. The number of hydrogen-bond donors (Lipinski definition) is 0. The number of carbonyl (C=O) groups excluding carboxylic acids is 1. The van der Waals surface area contributed by atoms with Crippen molar-refractivity contribution in [2.24, 2.45) is 0 Å². The lowest BCUT2D eigenvalue weighted by Crippen LogP contribution is -2.49. The van der Waals surface area contributed by atoms with Gasteiger partial charge in [-0.05, 0) is 38.1 Å². The van der Waals surface area contributed by atoms with E-state index in [0.29, 0.717) is 26.2 Å². The Hall–Kier alpha value is -2.41. The standard InChI is InChI=1S/C18H20ClFN4O2/c1-12(2)24-17(25)6-5-16(21-24)18(26)23-9-7-22(8-10-23)13-3-4-15(20)14(19)11-13/h3-6,11-12H,7-10H2,1-2H3. The first kappa shape index (κ1) is 18.4. The van der Waals surface area contributed by atoms with Crippen LogP contribution in [0.25, 0.3) is 0 Å². The number of halogens is 2. The first-order valence-corrected chi connectivity index (χ1v) is 8.84. The maximum atomic E-state index is 13.3. The minimum absolute atomic E-state index is 0.0844. The molecule has 0 N–H and O–H groups in total. The predicted molar refractivity (Wildman–Crippen MR) is 98.4 cm³/mol. The lowest BCUT2D eigenvalue weighted by molar-refractivity contribution is 0.0737. The summed E-state index contributed by atoms with van der Waals surface area (Å²) in [5, 5.41) is 4.27. The van der Waals surface area contributed by atoms with E-state index in [2.05, 4.69) is 10.00 Å². The molecular weight excluding hydrogens is 359 g/mol. The number of nitrogens with zero attached hydrogens (tertiary/aromatic N) is 4. The van der Waals surface area contributed by atoms with Gasteiger partial charge < -0.3 is 9.80 Å². The van der Waals surface area contributed by atoms with Crippen molar-refractivity contribution in [3.63, 3.8) is 0 Å². The Morgan fingerprint density at radius 3 is 2.46 bits per heavy atom. The van der Waals surface area contributed by atoms with Crippen molar-refractivity contribution in [3.8, 4) is 0 Å². The zero-order valence-electron chi connectivity index (χ0n) is 14.7. The number of piperazine rings is 1. The summed E-state index contributed by atoms with van der Waals surface area (Å²) in [6, 6.07) is 7.34. The largest absolute Gasteiger partial charge is 0.368 e. The van der Waals surface area contributed by atoms with Crippen LogP contribution in [0.15, 0.2) is 35.1 Å². The number of rotatable bonds is 3. The molecule has 1 saturated heterocycles. The monoisotopic (exact) mass is 378 g/mol. The predicted octanol–water partition coefficient (Wildman–Crippen LogP) is 2.58. The molecule has 0 radical (unpaired) electrons. The fourth-order valence-electron chi connectivity index (χ4n) is 2.92. The first-order valence-electron chi connectivity index (χ1n) is 8.46. The third kappa shape index (κ3) is 3.72. The second-order valence-corrected chi connectivity index (χ2v) is 6.88. The normalized spacial score (nSPS) is 14.8. The van der Waals surface area contributed by atoms with E-state index in [0.717, 1.165) is 5.69 Å². The Bertz CT molecular complexity index is 876. The van der Waals surface area contributed by atoms with E-state index < -0.39 is 5.82 Å². The number of carbonyl (C=O) groups is 1. The Kier molecular flexibility index (Phi) is 5.27. The van der Waals surface area contributed by atoms with Gasteiger partial charge in [0.2, 0.25) is 0 Å². The van der Waals surface area contributed by atoms with Gasteiger partial charge in [0.05, 0.1) is 11.1 Å². The van der Waals surface area contributed by atoms with Crippen molar-refractivity contribution in [1.82, 2.24) is 14.7 Å². The summed E-state index contributed by atoms with van der Waals surface area (Å²) in [5.74, 6) is -0.647. The smallest absolute Gasteiger partial charge is 0.274 e. The summed E-state index contributed by atoms with van der Waals surface area (Å²) in [6.07, 6.45) is 0. The van der Waals surface area contributed by atoms with Gasteiger partial charge in [-0.25, -0.2) is 9.07 Å². The van der Waals surface area contributed by atoms with Crippen LogP contribution in [0.4, 0.5) is 10.1 Å². The SMILES string of the molecule is CC(C)n1nc(C(=O)N2CCN(c3ccc(F)c(Cl)c3)CC2)ccc1=O. The minimum Gasteiger partial charge on any atom is -0.368 e. The lowest BCUT2D eigenvalue weighted by atomic mass is 10.2. The maximum absolute atomic E-state index is 13.3. The molecule has 3 rings (SSSR count). The molecule has 0 atom stereocenters. The summed E-state index contributed by atoms with van der Waals surface area (Å²) >= 11 is 5.84. The zero-order chi connectivity index (χ0) is 18.8. The molecule has 1 aliphatic rings. The highest BCUT2D eigenvalue weighted by Gasteiger charge is 2.24. The molecule has 6 nitrogen and oxygen atoms in total. The van der Waals surface area contributed by atoms with Gasteiger partial charge in [-0.2, -0.15) is 5.10 Å². The summed E-state index contributed by atoms with van der Waals surface area (Å²) in [6.45, 7) is 5.92. The molecule has 1 amide bonds. The molecule has 2 aromatic rings. The Labute approximate surface area is 155 Å². The van der Waals surface area contributed by atoms with Gasteiger partial charge in [-0.15, -0.1) is 0 Å². The molecule has 1 fully saturated rings. The van der Waals surface area contributed by atoms with Crippen molar-refractivity contribution < 1.29 is 9.18 Å². The topological polar surface area (TPSA) is 58.4 Å². The van der Waals surface area contributed by atoms with Gasteiger partial charge in [0.1, 0.15) is 11.5 Å². The Morgan fingerprint density at radius 2 is 1.85 bits per heavy atom. The van der Waals surface area contributed by atoms with Crippen LogP contribution in [0.1, 0.15) is 30.4 Å². The van der Waals surface area contributed by atoms with Crippen molar-refractivity contribution in [3.05, 3.63) is 57.2 Å². The van der Waals surface area contributed by atoms with E-state index in [1.165, 1.54) is 22.9 Å². The first-order chi connectivity index (χ1) is 12.4. The van der Waals surface area contributed by atoms with E-state index in [9.17, 15) is 14.0 Å². The second kappa shape index (κ2) is 7.45. The molecule has 1 aromatic heterocycles. The van der Waals surface area contributed by atoms with Crippen molar-refractivity contribution >= 4 is 23.2 Å². The molecular formula is C18H20ClFN4O2. The molecule has 0 spiro atoms. The summed E-state index contributed by atoms with van der Waals surface area (Å²) < 4.78 is 14.6. The molecule has 0 saturated carbocycles. The minimum atomic E-state index is -0.449. The van der Waals surface area contributed by atoms with E-state index in [4.69, 9.17) is 11.6 Å². The number of aromatic nitrogens is 2. The average Bonchev–Trinajstić information content (AvgIpc) is 2.64. The van der Waals surface area contributed by atoms with Crippen LogP contribution in [0.2, 0.25) is 5.02 Å². The average molecular weight is 379 g/mol. The third-order valence-electron chi connectivity index (χ3n) is 4.37. The number of benzene rings is 1. The number of hydrogen-bond acceptors (Lipinski definition) is 4. The van der Waals surface area contributed by atoms with E-state index in [-0.39, 0.29) is 28.2 Å². The van der Waals surface area contributed by atoms with Gasteiger partial charge in [0.25, 0.3) is 11.5 Å². The summed E-state index contributed by atoms with van der Waals surface area (Å²) in [7, 11) is 0. The maximum Gasteiger partial charge on any atom is 0.274 e. The van der Waals surface area contributed by atoms with Crippen LogP contribution < -0.4 is 10.5 Å². The van der Waals surface area contributed by atoms with Crippen LogP contribution in [-0.2, 0) is 0 Å². The van der Waals surface area contributed by atoms with Crippen LogP contribution in [-0.4, -0.2) is 46.8 Å². The van der Waals surface area contributed by atoms with Crippen molar-refractivity contribution in [1.29, 1.82) is 0 Å². The highest BCUT2D eigenvalue weighted by Crippen LogP contribution is 2.23. The van der Waals surface area contributed by atoms with Crippen LogP contribution in [0, 0.1) is 5.82 Å². The molecule has 8 heteroatoms. The highest BCUT2D eigenvalue weighted by molar-refractivity contribution is 6.31. The van der Waals surface area contributed by atoms with Gasteiger partial charge in [-0.1, -0.05) is 11.6 Å². The third-order valence-corrected chi connectivity index (χ3v) is 4.66. The molecule has 0 aliphatic carbocycles. The van der Waals surface area contributed by atoms with Crippen molar-refractivity contribution in [2.45, 2.75) is 19.9 Å². The van der Waals surface area contributed by atoms with Crippen LogP contribution >= 0.6 is 11.6 Å². The molecule has 26 heavy (non-hydrogen) atoms. The van der Waals surface area contributed by atoms with E-state index >= 15 is 0 Å². The molecule has 1 aliphatic heterocycles. The van der Waals surface area contributed by atoms with E-state index in [1.54, 1.807) is 17.0 Å². The van der Waals surface area contributed by atoms with Crippen LogP contribution in [0.3, 0.4) is 0 Å². The molecule has 0 bridgehead atoms. The van der Waals surface area contributed by atoms with Gasteiger partial charge >= 0.3 is 0 Å². The molecule has 0 unspecified atom stereocenters. The lowest BCUT2D eigenvalue weighted by Gasteiger charge is -2.36. The molecule has 2 heterocycles. The zero-order valence-corrected chi connectivity index (χ0v) is 15.4.